The van der Waals surface area contributed by atoms with Crippen LogP contribution in [-0.4, -0.2) is 46.8 Å². The van der Waals surface area contributed by atoms with Crippen molar-refractivity contribution in [2.45, 2.75) is 19.8 Å². The van der Waals surface area contributed by atoms with Crippen LogP contribution in [-0.2, 0) is 9.63 Å². The van der Waals surface area contributed by atoms with Crippen molar-refractivity contribution in [3.8, 4) is 0 Å². The molecule has 0 atom stereocenters. The van der Waals surface area contributed by atoms with Crippen LogP contribution in [0, 0.1) is 5.92 Å². The lowest BCUT2D eigenvalue weighted by Crippen LogP contribution is -2.46. The Labute approximate surface area is 99.4 Å². The Morgan fingerprint density at radius 2 is 2.29 bits per heavy atom. The Bertz CT molecular complexity index is 362. The maximum atomic E-state index is 11.8. The quantitative estimate of drug-likeness (QED) is 0.780. The van der Waals surface area contributed by atoms with Gasteiger partial charge in [-0.25, -0.2) is 9.59 Å². The number of nitrogens with zero attached hydrogens (tertiary/aromatic N) is 2. The minimum absolute atomic E-state index is 0.293. The molecule has 0 radical (unpaired) electrons. The molecule has 2 amide bonds. The molecule has 1 aliphatic carbocycles. The number of hydrogen-bond acceptors (Lipinski definition) is 3. The fourth-order valence-electron chi connectivity index (χ4n) is 1.83. The summed E-state index contributed by atoms with van der Waals surface area (Å²) >= 11 is 0. The minimum Gasteiger partial charge on any atom is -0.479 e. The van der Waals surface area contributed by atoms with Gasteiger partial charge in [0.15, 0.2) is 6.61 Å². The van der Waals surface area contributed by atoms with Crippen molar-refractivity contribution in [1.29, 1.82) is 0 Å². The summed E-state index contributed by atoms with van der Waals surface area (Å²) in [6, 6.07) is -0.293. The van der Waals surface area contributed by atoms with Crippen molar-refractivity contribution in [3.63, 3.8) is 0 Å². The number of likely N-dealkylation sites (N-methyl/N-ethyl adjacent to an activating group) is 1. The van der Waals surface area contributed by atoms with Crippen molar-refractivity contribution >= 4 is 12.0 Å². The van der Waals surface area contributed by atoms with Gasteiger partial charge in [0.05, 0.1) is 0 Å². The second-order valence-electron chi connectivity index (χ2n) is 4.27. The van der Waals surface area contributed by atoms with Gasteiger partial charge in [0, 0.05) is 19.3 Å². The molecule has 1 aliphatic heterocycles. The summed E-state index contributed by atoms with van der Waals surface area (Å²) in [6.07, 6.45) is 3.93. The van der Waals surface area contributed by atoms with Crippen LogP contribution in [0.1, 0.15) is 19.8 Å². The lowest BCUT2D eigenvalue weighted by Gasteiger charge is -2.32. The van der Waals surface area contributed by atoms with E-state index in [1.165, 1.54) is 0 Å². The van der Waals surface area contributed by atoms with Gasteiger partial charge >= 0.3 is 12.0 Å². The predicted octanol–water partition coefficient (Wildman–Crippen LogP) is 1.05. The number of carboxylic acid groups (broad SMARTS) is 1. The monoisotopic (exact) mass is 240 g/mol. The smallest absolute Gasteiger partial charge is 0.348 e. The third-order valence-corrected chi connectivity index (χ3v) is 2.93. The molecule has 0 bridgehead atoms. The van der Waals surface area contributed by atoms with Crippen LogP contribution >= 0.6 is 0 Å². The zero-order chi connectivity index (χ0) is 12.4. The van der Waals surface area contributed by atoms with Crippen molar-refractivity contribution < 1.29 is 19.5 Å². The molecule has 1 heterocycles. The summed E-state index contributed by atoms with van der Waals surface area (Å²) in [5.74, 6) is -0.555. The number of hydrogen-bond donors (Lipinski definition) is 1. The average Bonchev–Trinajstić information content (AvgIpc) is 3.11. The second kappa shape index (κ2) is 4.75. The lowest BCUT2D eigenvalue weighted by atomic mass is 10.1. The highest BCUT2D eigenvalue weighted by Gasteiger charge is 2.34. The van der Waals surface area contributed by atoms with Crippen molar-refractivity contribution in [2.24, 2.45) is 5.92 Å². The van der Waals surface area contributed by atoms with E-state index in [1.807, 2.05) is 6.92 Å². The first-order valence-electron chi connectivity index (χ1n) is 5.75. The molecule has 17 heavy (non-hydrogen) atoms. The van der Waals surface area contributed by atoms with Gasteiger partial charge in [-0.15, -0.1) is 0 Å². The lowest BCUT2D eigenvalue weighted by molar-refractivity contribution is -0.157. The fourth-order valence-corrected chi connectivity index (χ4v) is 1.83. The Morgan fingerprint density at radius 3 is 2.82 bits per heavy atom. The highest BCUT2D eigenvalue weighted by atomic mass is 16.7. The van der Waals surface area contributed by atoms with E-state index in [2.05, 4.69) is 0 Å². The van der Waals surface area contributed by atoms with Gasteiger partial charge in [-0.05, 0) is 31.3 Å². The van der Waals surface area contributed by atoms with E-state index < -0.39 is 12.6 Å². The number of carbonyl (C=O) groups excluding carboxylic acids is 1. The van der Waals surface area contributed by atoms with Crippen LogP contribution in [0.25, 0.3) is 0 Å². The first kappa shape index (κ1) is 11.9. The minimum atomic E-state index is -1.09. The molecule has 1 fully saturated rings. The highest BCUT2D eigenvalue weighted by molar-refractivity contribution is 5.76. The van der Waals surface area contributed by atoms with Gasteiger partial charge in [0.1, 0.15) is 0 Å². The molecule has 0 spiro atoms. The van der Waals surface area contributed by atoms with E-state index in [0.717, 1.165) is 23.5 Å². The molecule has 0 unspecified atom stereocenters. The maximum Gasteiger partial charge on any atom is 0.348 e. The van der Waals surface area contributed by atoms with Gasteiger partial charge in [-0.1, -0.05) is 0 Å². The zero-order valence-corrected chi connectivity index (χ0v) is 9.76. The van der Waals surface area contributed by atoms with Crippen LogP contribution in [0.4, 0.5) is 4.79 Å². The molecule has 0 aromatic heterocycles. The Hall–Kier alpha value is -1.56. The van der Waals surface area contributed by atoms with Crippen LogP contribution in [0.5, 0.6) is 0 Å². The third-order valence-electron chi connectivity index (χ3n) is 2.93. The molecule has 0 aromatic carbocycles. The third kappa shape index (κ3) is 2.76. The number of carboxylic acids is 1. The summed E-state index contributed by atoms with van der Waals surface area (Å²) in [7, 11) is 0. The molecular weight excluding hydrogens is 224 g/mol. The Kier molecular flexibility index (Phi) is 3.33. The fraction of sp³-hybridized carbons (Fsp3) is 0.636. The number of aliphatic carboxylic acids is 1. The molecular formula is C11H16N2O4. The van der Waals surface area contributed by atoms with Crippen molar-refractivity contribution in [3.05, 3.63) is 11.8 Å². The first-order chi connectivity index (χ1) is 8.11. The predicted molar refractivity (Wildman–Crippen MR) is 58.9 cm³/mol. The van der Waals surface area contributed by atoms with Gasteiger partial charge in [0.2, 0.25) is 0 Å². The average molecular weight is 240 g/mol. The summed E-state index contributed by atoms with van der Waals surface area (Å²) in [4.78, 5) is 28.9. The number of amides is 2. The SMILES string of the molecule is CCN1CC(C2CC2)=CN(OCC(=O)O)C1=O. The van der Waals surface area contributed by atoms with Crippen LogP contribution in [0.2, 0.25) is 0 Å². The molecule has 1 saturated carbocycles. The topological polar surface area (TPSA) is 70.1 Å². The number of hydroxylamine groups is 2. The summed E-state index contributed by atoms with van der Waals surface area (Å²) in [6.45, 7) is 2.61. The van der Waals surface area contributed by atoms with Crippen molar-refractivity contribution in [1.82, 2.24) is 9.96 Å². The van der Waals surface area contributed by atoms with Crippen LogP contribution in [0.3, 0.4) is 0 Å². The van der Waals surface area contributed by atoms with E-state index in [-0.39, 0.29) is 6.03 Å². The van der Waals surface area contributed by atoms with Crippen molar-refractivity contribution in [2.75, 3.05) is 19.7 Å². The summed E-state index contributed by atoms with van der Waals surface area (Å²) < 4.78 is 0. The van der Waals surface area contributed by atoms with E-state index in [9.17, 15) is 9.59 Å². The maximum absolute atomic E-state index is 11.8. The van der Waals surface area contributed by atoms with E-state index in [4.69, 9.17) is 9.94 Å². The summed E-state index contributed by atoms with van der Waals surface area (Å²) in [5.41, 5.74) is 1.15. The largest absolute Gasteiger partial charge is 0.479 e. The normalized spacial score (nSPS) is 20.5. The van der Waals surface area contributed by atoms with Gasteiger partial charge in [-0.3, -0.25) is 4.84 Å². The number of rotatable bonds is 5. The van der Waals surface area contributed by atoms with Gasteiger partial charge in [0.25, 0.3) is 0 Å². The molecule has 1 N–H and O–H groups in total. The molecule has 2 rings (SSSR count). The van der Waals surface area contributed by atoms with E-state index in [1.54, 1.807) is 11.1 Å². The first-order valence-corrected chi connectivity index (χ1v) is 5.75. The molecule has 6 heteroatoms. The van der Waals surface area contributed by atoms with E-state index in [0.29, 0.717) is 19.0 Å². The molecule has 94 valence electrons. The van der Waals surface area contributed by atoms with Gasteiger partial charge < -0.3 is 10.0 Å². The number of urea groups is 1. The standard InChI is InChI=1S/C11H16N2O4/c1-2-12-5-9(8-3-4-8)6-13(11(12)16)17-7-10(14)15/h6,8H,2-5,7H2,1H3,(H,14,15). The zero-order valence-electron chi connectivity index (χ0n) is 9.76. The van der Waals surface area contributed by atoms with E-state index >= 15 is 0 Å². The number of carbonyl (C=O) groups is 2. The molecule has 2 aliphatic rings. The van der Waals surface area contributed by atoms with Gasteiger partial charge in [-0.2, -0.15) is 5.06 Å². The Morgan fingerprint density at radius 1 is 1.59 bits per heavy atom. The highest BCUT2D eigenvalue weighted by Crippen LogP contribution is 2.38. The molecule has 0 saturated heterocycles. The summed E-state index contributed by atoms with van der Waals surface area (Å²) in [5, 5.41) is 9.59. The van der Waals surface area contributed by atoms with Crippen LogP contribution < -0.4 is 0 Å². The molecule has 0 aromatic rings. The Balaban J connectivity index is 2.06. The molecule has 6 nitrogen and oxygen atoms in total. The second-order valence-corrected chi connectivity index (χ2v) is 4.27. The van der Waals surface area contributed by atoms with Crippen LogP contribution in [0.15, 0.2) is 11.8 Å².